The van der Waals surface area contributed by atoms with E-state index in [0.29, 0.717) is 23.5 Å². The minimum Gasteiger partial charge on any atom is -0.493 e. The van der Waals surface area contributed by atoms with Gasteiger partial charge in [0.05, 0.1) is 7.11 Å². The van der Waals surface area contributed by atoms with Gasteiger partial charge in [-0.3, -0.25) is 20.4 Å². The maximum absolute atomic E-state index is 12.0. The maximum Gasteiger partial charge on any atom is 0.344 e. The van der Waals surface area contributed by atoms with Crippen LogP contribution in [-0.4, -0.2) is 37.6 Å². The highest BCUT2D eigenvalue weighted by Crippen LogP contribution is 2.28. The van der Waals surface area contributed by atoms with Crippen molar-refractivity contribution in [3.8, 4) is 11.5 Å². The average molecular weight is 412 g/mol. The molecule has 2 rings (SSSR count). The summed E-state index contributed by atoms with van der Waals surface area (Å²) in [7, 11) is 1.49. The highest BCUT2D eigenvalue weighted by Gasteiger charge is 2.19. The zero-order valence-corrected chi connectivity index (χ0v) is 16.8. The summed E-state index contributed by atoms with van der Waals surface area (Å²) in [6.07, 6.45) is 1.31. The van der Waals surface area contributed by atoms with Gasteiger partial charge < -0.3 is 14.2 Å². The minimum absolute atomic E-state index is 0.370. The molecule has 1 atom stereocenters. The second-order valence-corrected chi connectivity index (χ2v) is 6.21. The molecule has 0 aliphatic carbocycles. The summed E-state index contributed by atoms with van der Waals surface area (Å²) in [4.78, 5) is 35.9. The Morgan fingerprint density at radius 2 is 1.80 bits per heavy atom. The van der Waals surface area contributed by atoms with Crippen LogP contribution in [0, 0.1) is 0 Å². The molecule has 0 aliphatic heterocycles. The fraction of sp³-hybridized carbons (Fsp3) is 0.227. The van der Waals surface area contributed by atoms with E-state index in [9.17, 15) is 14.4 Å². The number of ether oxygens (including phenoxy) is 3. The zero-order valence-electron chi connectivity index (χ0n) is 16.8. The van der Waals surface area contributed by atoms with E-state index in [1.165, 1.54) is 14.0 Å². The number of nitrogens with one attached hydrogen (secondary N) is 2. The molecule has 8 nitrogen and oxygen atoms in total. The lowest BCUT2D eigenvalue weighted by Crippen LogP contribution is -2.47. The Morgan fingerprint density at radius 3 is 2.47 bits per heavy atom. The lowest BCUT2D eigenvalue weighted by molar-refractivity contribution is -0.156. The number of hydrogen-bond acceptors (Lipinski definition) is 6. The minimum atomic E-state index is -1.13. The number of esters is 1. The number of amides is 2. The molecule has 2 aromatic carbocycles. The van der Waals surface area contributed by atoms with Crippen molar-refractivity contribution in [1.82, 2.24) is 10.9 Å². The molecular weight excluding hydrogens is 388 g/mol. The maximum atomic E-state index is 12.0. The van der Waals surface area contributed by atoms with Crippen LogP contribution in [0.1, 0.15) is 22.8 Å². The number of benzene rings is 2. The Bertz CT molecular complexity index is 898. The van der Waals surface area contributed by atoms with E-state index in [0.717, 1.165) is 5.56 Å². The third kappa shape index (κ3) is 6.66. The molecule has 0 aromatic heterocycles. The number of allylic oxidation sites excluding steroid dienone is 1. The summed E-state index contributed by atoms with van der Waals surface area (Å²) in [6.45, 7) is 4.65. The number of hydrazine groups is 1. The van der Waals surface area contributed by atoms with E-state index in [1.54, 1.807) is 48.5 Å². The Morgan fingerprint density at radius 1 is 1.07 bits per heavy atom. The summed E-state index contributed by atoms with van der Waals surface area (Å²) in [6, 6.07) is 13.7. The summed E-state index contributed by atoms with van der Waals surface area (Å²) in [5.41, 5.74) is 5.83. The topological polar surface area (TPSA) is 103 Å². The molecule has 0 unspecified atom stereocenters. The van der Waals surface area contributed by atoms with Gasteiger partial charge in [-0.2, -0.15) is 0 Å². The van der Waals surface area contributed by atoms with Gasteiger partial charge in [-0.15, -0.1) is 6.58 Å². The highest BCUT2D eigenvalue weighted by atomic mass is 16.6. The van der Waals surface area contributed by atoms with Gasteiger partial charge in [-0.25, -0.2) is 4.79 Å². The number of carbonyl (C=O) groups is 3. The predicted octanol–water partition coefficient (Wildman–Crippen LogP) is 2.20. The first-order chi connectivity index (χ1) is 14.4. The van der Waals surface area contributed by atoms with E-state index in [2.05, 4.69) is 17.4 Å². The number of carbonyl (C=O) groups excluding carboxylic acids is 3. The largest absolute Gasteiger partial charge is 0.493 e. The average Bonchev–Trinajstić information content (AvgIpc) is 2.76. The summed E-state index contributed by atoms with van der Waals surface area (Å²) >= 11 is 0. The van der Waals surface area contributed by atoms with Crippen LogP contribution in [0.3, 0.4) is 0 Å². The molecule has 2 amide bonds. The molecule has 0 aliphatic rings. The SMILES string of the molecule is C=CCc1ccc(OCC(=O)O[C@H](C)C(=O)NNC(=O)c2ccccc2)c(OC)c1. The number of rotatable bonds is 9. The van der Waals surface area contributed by atoms with Crippen molar-refractivity contribution in [2.45, 2.75) is 19.4 Å². The van der Waals surface area contributed by atoms with Crippen molar-refractivity contribution in [2.75, 3.05) is 13.7 Å². The van der Waals surface area contributed by atoms with Gasteiger partial charge in [0.2, 0.25) is 0 Å². The van der Waals surface area contributed by atoms with Crippen LogP contribution in [0.2, 0.25) is 0 Å². The second-order valence-electron chi connectivity index (χ2n) is 6.21. The lowest BCUT2D eigenvalue weighted by atomic mass is 10.1. The molecule has 0 spiro atoms. The predicted molar refractivity (Wildman–Crippen MR) is 110 cm³/mol. The van der Waals surface area contributed by atoms with Gasteiger partial charge in [0.1, 0.15) is 0 Å². The van der Waals surface area contributed by atoms with Crippen LogP contribution in [-0.2, 0) is 20.7 Å². The van der Waals surface area contributed by atoms with Gasteiger partial charge in [-0.05, 0) is 43.2 Å². The molecule has 0 fully saturated rings. The quantitative estimate of drug-likeness (QED) is 0.372. The van der Waals surface area contributed by atoms with Gasteiger partial charge >= 0.3 is 5.97 Å². The van der Waals surface area contributed by atoms with Crippen molar-refractivity contribution in [3.05, 3.63) is 72.3 Å². The van der Waals surface area contributed by atoms with Gasteiger partial charge in [0.15, 0.2) is 24.2 Å². The van der Waals surface area contributed by atoms with E-state index in [4.69, 9.17) is 14.2 Å². The van der Waals surface area contributed by atoms with Crippen molar-refractivity contribution in [3.63, 3.8) is 0 Å². The van der Waals surface area contributed by atoms with E-state index in [-0.39, 0.29) is 0 Å². The van der Waals surface area contributed by atoms with Crippen molar-refractivity contribution < 1.29 is 28.6 Å². The molecule has 8 heteroatoms. The molecule has 0 bridgehead atoms. The third-order valence-corrected chi connectivity index (χ3v) is 3.97. The Balaban J connectivity index is 1.80. The third-order valence-electron chi connectivity index (χ3n) is 3.97. The van der Waals surface area contributed by atoms with Gasteiger partial charge in [-0.1, -0.05) is 30.3 Å². The van der Waals surface area contributed by atoms with E-state index < -0.39 is 30.5 Å². The lowest BCUT2D eigenvalue weighted by Gasteiger charge is -2.15. The molecule has 0 saturated heterocycles. The van der Waals surface area contributed by atoms with Crippen LogP contribution < -0.4 is 20.3 Å². The second kappa shape index (κ2) is 11.3. The normalized spacial score (nSPS) is 11.0. The molecule has 0 heterocycles. The van der Waals surface area contributed by atoms with Crippen LogP contribution in [0.15, 0.2) is 61.2 Å². The Kier molecular flexibility index (Phi) is 8.43. The standard InChI is InChI=1S/C22H24N2O6/c1-4-8-16-11-12-18(19(13-16)28-3)29-14-20(25)30-15(2)21(26)23-24-22(27)17-9-6-5-7-10-17/h4-7,9-13,15H,1,8,14H2,2-3H3,(H,23,26)(H,24,27)/t15-/m1/s1. The van der Waals surface area contributed by atoms with Crippen LogP contribution in [0.5, 0.6) is 11.5 Å². The number of hydrogen-bond donors (Lipinski definition) is 2. The highest BCUT2D eigenvalue weighted by molar-refractivity contribution is 5.95. The molecule has 158 valence electrons. The van der Waals surface area contributed by atoms with Crippen molar-refractivity contribution in [1.29, 1.82) is 0 Å². The van der Waals surface area contributed by atoms with E-state index in [1.807, 2.05) is 6.07 Å². The fourth-order valence-electron chi connectivity index (χ4n) is 2.43. The Hall–Kier alpha value is -3.81. The summed E-state index contributed by atoms with van der Waals surface area (Å²) in [5, 5.41) is 0. The molecular formula is C22H24N2O6. The number of methoxy groups -OCH3 is 1. The first-order valence-corrected chi connectivity index (χ1v) is 9.20. The van der Waals surface area contributed by atoms with Crippen molar-refractivity contribution >= 4 is 17.8 Å². The smallest absolute Gasteiger partial charge is 0.344 e. The molecule has 2 N–H and O–H groups in total. The fourth-order valence-corrected chi connectivity index (χ4v) is 2.43. The van der Waals surface area contributed by atoms with Crippen LogP contribution >= 0.6 is 0 Å². The first-order valence-electron chi connectivity index (χ1n) is 9.20. The summed E-state index contributed by atoms with van der Waals surface area (Å²) < 4.78 is 15.7. The molecule has 0 saturated carbocycles. The van der Waals surface area contributed by atoms with Gasteiger partial charge in [0, 0.05) is 5.56 Å². The molecule has 2 aromatic rings. The van der Waals surface area contributed by atoms with Gasteiger partial charge in [0.25, 0.3) is 11.8 Å². The summed E-state index contributed by atoms with van der Waals surface area (Å²) in [5.74, 6) is -1.08. The molecule has 30 heavy (non-hydrogen) atoms. The monoisotopic (exact) mass is 412 g/mol. The zero-order chi connectivity index (χ0) is 21.9. The first kappa shape index (κ1) is 22.5. The van der Waals surface area contributed by atoms with Crippen molar-refractivity contribution in [2.24, 2.45) is 0 Å². The Labute approximate surface area is 174 Å². The van der Waals surface area contributed by atoms with Crippen LogP contribution in [0.4, 0.5) is 0 Å². The van der Waals surface area contributed by atoms with E-state index >= 15 is 0 Å². The van der Waals surface area contributed by atoms with Crippen LogP contribution in [0.25, 0.3) is 0 Å². The molecule has 0 radical (unpaired) electrons.